The highest BCUT2D eigenvalue weighted by molar-refractivity contribution is 5.98. The lowest BCUT2D eigenvalue weighted by atomic mass is 10.1. The molecule has 0 spiro atoms. The molecule has 1 aliphatic rings. The van der Waals surface area contributed by atoms with Crippen molar-refractivity contribution in [2.75, 3.05) is 13.1 Å². The first-order valence-electron chi connectivity index (χ1n) is 11.1. The van der Waals surface area contributed by atoms with E-state index in [1.54, 1.807) is 35.6 Å². The molecule has 176 valence electrons. The molecule has 3 aromatic rings. The molecule has 1 amide bonds. The first-order valence-corrected chi connectivity index (χ1v) is 11.1. The second kappa shape index (κ2) is 8.76. The van der Waals surface area contributed by atoms with Gasteiger partial charge < -0.3 is 18.6 Å². The van der Waals surface area contributed by atoms with Crippen molar-refractivity contribution in [2.24, 2.45) is 14.1 Å². The SMILES string of the molecule is CCCn1c(C(=O)N2CCC(Oc3cc(C)oc(=O)c3)CC2)cc2c(=O)n(C)c(=O)n(C)c21. The second-order valence-electron chi connectivity index (χ2n) is 8.46. The van der Waals surface area contributed by atoms with Gasteiger partial charge >= 0.3 is 11.3 Å². The number of amides is 1. The van der Waals surface area contributed by atoms with E-state index < -0.39 is 16.9 Å². The number of hydrogen-bond acceptors (Lipinski definition) is 6. The lowest BCUT2D eigenvalue weighted by Crippen LogP contribution is -2.42. The minimum absolute atomic E-state index is 0.120. The minimum Gasteiger partial charge on any atom is -0.490 e. The standard InChI is InChI=1S/C23H28N4O6/c1-5-8-27-18(13-17-20(27)24(3)23(31)25(4)21(17)29)22(30)26-9-6-15(7-10-26)33-16-11-14(2)32-19(28)12-16/h11-13,15H,5-10H2,1-4H3. The molecule has 0 bridgehead atoms. The van der Waals surface area contributed by atoms with Crippen molar-refractivity contribution >= 4 is 16.9 Å². The Hall–Kier alpha value is -3.56. The molecule has 1 saturated heterocycles. The third-order valence-electron chi connectivity index (χ3n) is 6.06. The molecule has 0 atom stereocenters. The maximum atomic E-state index is 13.4. The van der Waals surface area contributed by atoms with Crippen molar-refractivity contribution in [3.63, 3.8) is 0 Å². The number of piperidine rings is 1. The van der Waals surface area contributed by atoms with Crippen LogP contribution in [0.15, 0.2) is 37.0 Å². The van der Waals surface area contributed by atoms with Crippen LogP contribution in [0, 0.1) is 6.92 Å². The van der Waals surface area contributed by atoms with Crippen LogP contribution in [-0.2, 0) is 20.6 Å². The van der Waals surface area contributed by atoms with Gasteiger partial charge in [-0.1, -0.05) is 6.92 Å². The predicted molar refractivity (Wildman–Crippen MR) is 122 cm³/mol. The fourth-order valence-electron chi connectivity index (χ4n) is 4.44. The van der Waals surface area contributed by atoms with E-state index in [1.807, 2.05) is 6.92 Å². The number of likely N-dealkylation sites (tertiary alicyclic amines) is 1. The van der Waals surface area contributed by atoms with Gasteiger partial charge in [0.15, 0.2) is 0 Å². The molecule has 0 aliphatic carbocycles. The summed E-state index contributed by atoms with van der Waals surface area (Å²) in [5.41, 5.74) is -0.427. The molecular formula is C23H28N4O6. The molecule has 10 heteroatoms. The molecule has 10 nitrogen and oxygen atoms in total. The summed E-state index contributed by atoms with van der Waals surface area (Å²) in [5, 5.41) is 0.355. The summed E-state index contributed by atoms with van der Waals surface area (Å²) in [6.07, 6.45) is 1.84. The average Bonchev–Trinajstić information content (AvgIpc) is 3.15. The van der Waals surface area contributed by atoms with Crippen LogP contribution in [0.4, 0.5) is 0 Å². The van der Waals surface area contributed by atoms with Gasteiger partial charge in [0.25, 0.3) is 11.5 Å². The fourth-order valence-corrected chi connectivity index (χ4v) is 4.44. The normalized spacial score (nSPS) is 14.7. The zero-order valence-electron chi connectivity index (χ0n) is 19.3. The van der Waals surface area contributed by atoms with Crippen molar-refractivity contribution < 1.29 is 13.9 Å². The van der Waals surface area contributed by atoms with Crippen LogP contribution in [0.5, 0.6) is 5.75 Å². The van der Waals surface area contributed by atoms with Gasteiger partial charge in [0.1, 0.15) is 29.0 Å². The Bertz CT molecular complexity index is 1380. The Morgan fingerprint density at radius 1 is 1.09 bits per heavy atom. The van der Waals surface area contributed by atoms with Gasteiger partial charge in [0, 0.05) is 52.6 Å². The molecule has 3 aromatic heterocycles. The topological polar surface area (TPSA) is 109 Å². The molecule has 0 saturated carbocycles. The Kier molecular flexibility index (Phi) is 6.01. The van der Waals surface area contributed by atoms with Crippen molar-refractivity contribution in [1.82, 2.24) is 18.6 Å². The van der Waals surface area contributed by atoms with E-state index in [0.717, 1.165) is 11.0 Å². The smallest absolute Gasteiger partial charge is 0.339 e. The highest BCUT2D eigenvalue weighted by Gasteiger charge is 2.28. The number of aromatic nitrogens is 3. The van der Waals surface area contributed by atoms with Crippen LogP contribution < -0.4 is 21.6 Å². The highest BCUT2D eigenvalue weighted by atomic mass is 16.5. The summed E-state index contributed by atoms with van der Waals surface area (Å²) >= 11 is 0. The summed E-state index contributed by atoms with van der Waals surface area (Å²) in [4.78, 5) is 51.9. The number of ether oxygens (including phenoxy) is 1. The van der Waals surface area contributed by atoms with Gasteiger partial charge in [-0.05, 0) is 19.4 Å². The third kappa shape index (κ3) is 4.12. The predicted octanol–water partition coefficient (Wildman–Crippen LogP) is 1.39. The van der Waals surface area contributed by atoms with E-state index in [0.29, 0.717) is 60.7 Å². The largest absolute Gasteiger partial charge is 0.490 e. The number of fused-ring (bicyclic) bond motifs is 1. The van der Waals surface area contributed by atoms with Crippen LogP contribution in [-0.4, -0.2) is 43.7 Å². The van der Waals surface area contributed by atoms with Crippen molar-refractivity contribution in [1.29, 1.82) is 0 Å². The lowest BCUT2D eigenvalue weighted by molar-refractivity contribution is 0.0585. The molecule has 0 unspecified atom stereocenters. The molecule has 33 heavy (non-hydrogen) atoms. The fraction of sp³-hybridized carbons (Fsp3) is 0.478. The molecule has 0 N–H and O–H groups in total. The van der Waals surface area contributed by atoms with E-state index in [2.05, 4.69) is 0 Å². The number of rotatable bonds is 5. The van der Waals surface area contributed by atoms with E-state index in [9.17, 15) is 19.2 Å². The van der Waals surface area contributed by atoms with E-state index in [4.69, 9.17) is 9.15 Å². The number of nitrogens with zero attached hydrogens (tertiary/aromatic N) is 4. The lowest BCUT2D eigenvalue weighted by Gasteiger charge is -2.32. The van der Waals surface area contributed by atoms with E-state index >= 15 is 0 Å². The van der Waals surface area contributed by atoms with E-state index in [1.165, 1.54) is 17.7 Å². The van der Waals surface area contributed by atoms with E-state index in [-0.39, 0.29) is 12.0 Å². The van der Waals surface area contributed by atoms with Gasteiger partial charge in [0.2, 0.25) is 0 Å². The van der Waals surface area contributed by atoms with Crippen LogP contribution in [0.3, 0.4) is 0 Å². The summed E-state index contributed by atoms with van der Waals surface area (Å²) in [6.45, 7) is 5.14. The quantitative estimate of drug-likeness (QED) is 0.574. The first-order chi connectivity index (χ1) is 15.7. The van der Waals surface area contributed by atoms with Crippen LogP contribution in [0.25, 0.3) is 11.0 Å². The number of hydrogen-bond donors (Lipinski definition) is 0. The molecule has 0 aromatic carbocycles. The summed E-state index contributed by atoms with van der Waals surface area (Å²) in [6, 6.07) is 4.59. The molecule has 1 aliphatic heterocycles. The van der Waals surface area contributed by atoms with Crippen molar-refractivity contribution in [3.05, 3.63) is 60.9 Å². The van der Waals surface area contributed by atoms with Gasteiger partial charge in [-0.25, -0.2) is 9.59 Å². The molecular weight excluding hydrogens is 428 g/mol. The van der Waals surface area contributed by atoms with Crippen LogP contribution in [0.1, 0.15) is 42.4 Å². The molecule has 1 fully saturated rings. The second-order valence-corrected chi connectivity index (χ2v) is 8.46. The summed E-state index contributed by atoms with van der Waals surface area (Å²) < 4.78 is 15.1. The Morgan fingerprint density at radius 3 is 2.42 bits per heavy atom. The number of aryl methyl sites for hydroxylation is 3. The Morgan fingerprint density at radius 2 is 1.79 bits per heavy atom. The van der Waals surface area contributed by atoms with Gasteiger partial charge in [-0.15, -0.1) is 0 Å². The minimum atomic E-state index is -0.457. The zero-order chi connectivity index (χ0) is 23.9. The molecule has 0 radical (unpaired) electrons. The average molecular weight is 456 g/mol. The Labute approximate surface area is 189 Å². The maximum Gasteiger partial charge on any atom is 0.339 e. The highest BCUT2D eigenvalue weighted by Crippen LogP contribution is 2.23. The van der Waals surface area contributed by atoms with Crippen molar-refractivity contribution in [2.45, 2.75) is 45.8 Å². The monoisotopic (exact) mass is 456 g/mol. The number of carbonyl (C=O) groups excluding carboxylic acids is 1. The van der Waals surface area contributed by atoms with Gasteiger partial charge in [-0.3, -0.25) is 18.7 Å². The van der Waals surface area contributed by atoms with Gasteiger partial charge in [0.05, 0.1) is 11.5 Å². The zero-order valence-corrected chi connectivity index (χ0v) is 19.3. The molecule has 4 rings (SSSR count). The van der Waals surface area contributed by atoms with Crippen LogP contribution >= 0.6 is 0 Å². The summed E-state index contributed by atoms with van der Waals surface area (Å²) in [7, 11) is 3.05. The van der Waals surface area contributed by atoms with Gasteiger partial charge in [-0.2, -0.15) is 0 Å². The Balaban J connectivity index is 1.58. The first kappa shape index (κ1) is 22.6. The third-order valence-corrected chi connectivity index (χ3v) is 6.06. The maximum absolute atomic E-state index is 13.4. The van der Waals surface area contributed by atoms with Crippen molar-refractivity contribution in [3.8, 4) is 5.75 Å². The van der Waals surface area contributed by atoms with Crippen LogP contribution in [0.2, 0.25) is 0 Å². The molecule has 4 heterocycles. The number of carbonyl (C=O) groups is 1. The summed E-state index contributed by atoms with van der Waals surface area (Å²) in [5.74, 6) is 0.770.